The van der Waals surface area contributed by atoms with Crippen molar-refractivity contribution in [3.8, 4) is 0 Å². The molecular weight excluding hydrogens is 206 g/mol. The number of thioether (sulfide) groups is 1. The normalized spacial score (nSPS) is 14.9. The third kappa shape index (κ3) is 2.65. The second-order valence-corrected chi connectivity index (χ2v) is 4.69. The van der Waals surface area contributed by atoms with Gasteiger partial charge < -0.3 is 10.2 Å². The predicted octanol–water partition coefficient (Wildman–Crippen LogP) is 2.27. The fraction of sp³-hybridized carbons (Fsp3) is 0.364. The topological polar surface area (TPSA) is 27.6 Å². The van der Waals surface area contributed by atoms with Crippen LogP contribution in [0.15, 0.2) is 29.3 Å². The van der Waals surface area contributed by atoms with Crippen LogP contribution in [0.2, 0.25) is 0 Å². The maximum absolute atomic E-state index is 4.35. The largest absolute Gasteiger partial charge is 0.378 e. The number of benzene rings is 1. The Morgan fingerprint density at radius 2 is 2.00 bits per heavy atom. The molecule has 3 nitrogen and oxygen atoms in total. The third-order valence-electron chi connectivity index (χ3n) is 2.22. The van der Waals surface area contributed by atoms with Crippen LogP contribution in [0.1, 0.15) is 0 Å². The summed E-state index contributed by atoms with van der Waals surface area (Å²) in [5, 5.41) is 4.34. The van der Waals surface area contributed by atoms with Crippen LogP contribution in [0.4, 0.5) is 11.4 Å². The molecule has 0 atom stereocenters. The molecule has 0 fully saturated rings. The zero-order valence-electron chi connectivity index (χ0n) is 9.03. The Morgan fingerprint density at radius 1 is 1.27 bits per heavy atom. The minimum Gasteiger partial charge on any atom is -0.378 e. The van der Waals surface area contributed by atoms with Gasteiger partial charge in [0, 0.05) is 31.2 Å². The molecule has 0 spiro atoms. The first-order valence-electron chi connectivity index (χ1n) is 4.97. The molecule has 1 aromatic rings. The number of aliphatic imine (C=N–C) groups is 1. The Labute approximate surface area is 94.6 Å². The monoisotopic (exact) mass is 221 g/mol. The van der Waals surface area contributed by atoms with Gasteiger partial charge in [-0.15, -0.1) is 0 Å². The van der Waals surface area contributed by atoms with Gasteiger partial charge >= 0.3 is 0 Å². The summed E-state index contributed by atoms with van der Waals surface area (Å²) in [4.78, 5) is 6.44. The van der Waals surface area contributed by atoms with Crippen molar-refractivity contribution >= 4 is 28.3 Å². The van der Waals surface area contributed by atoms with E-state index in [1.165, 1.54) is 5.69 Å². The SMILES string of the molecule is CN(C)c1ccc(NC2=NCCS2)cc1. The molecule has 0 saturated heterocycles. The smallest absolute Gasteiger partial charge is 0.161 e. The highest BCUT2D eigenvalue weighted by atomic mass is 32.2. The summed E-state index contributed by atoms with van der Waals surface area (Å²) in [6.45, 7) is 0.933. The van der Waals surface area contributed by atoms with E-state index in [1.54, 1.807) is 11.8 Å². The molecule has 0 aliphatic carbocycles. The van der Waals surface area contributed by atoms with Gasteiger partial charge in [0.15, 0.2) is 5.17 Å². The van der Waals surface area contributed by atoms with E-state index < -0.39 is 0 Å². The van der Waals surface area contributed by atoms with Crippen LogP contribution < -0.4 is 10.2 Å². The fourth-order valence-electron chi connectivity index (χ4n) is 1.38. The predicted molar refractivity (Wildman–Crippen MR) is 69.2 cm³/mol. The summed E-state index contributed by atoms with van der Waals surface area (Å²) in [5.41, 5.74) is 2.32. The van der Waals surface area contributed by atoms with Crippen molar-refractivity contribution in [1.82, 2.24) is 0 Å². The van der Waals surface area contributed by atoms with Crippen LogP contribution in [-0.2, 0) is 0 Å². The maximum Gasteiger partial charge on any atom is 0.161 e. The van der Waals surface area contributed by atoms with Crippen molar-refractivity contribution in [2.75, 3.05) is 36.6 Å². The van der Waals surface area contributed by atoms with E-state index in [0.717, 1.165) is 23.2 Å². The summed E-state index contributed by atoms with van der Waals surface area (Å²) >= 11 is 1.78. The standard InChI is InChI=1S/C11H15N3S/c1-14(2)10-5-3-9(4-6-10)13-11-12-7-8-15-11/h3-6H,7-8H2,1-2H3,(H,12,13). The van der Waals surface area contributed by atoms with Gasteiger partial charge in [-0.2, -0.15) is 0 Å². The average molecular weight is 221 g/mol. The molecule has 1 aromatic carbocycles. The number of nitrogens with one attached hydrogen (secondary N) is 1. The number of anilines is 2. The zero-order valence-corrected chi connectivity index (χ0v) is 9.84. The molecule has 0 unspecified atom stereocenters. The Bertz CT molecular complexity index is 357. The zero-order chi connectivity index (χ0) is 10.7. The first-order valence-corrected chi connectivity index (χ1v) is 5.96. The quantitative estimate of drug-likeness (QED) is 0.830. The van der Waals surface area contributed by atoms with Crippen molar-refractivity contribution in [2.24, 2.45) is 4.99 Å². The average Bonchev–Trinajstić information content (AvgIpc) is 2.71. The third-order valence-corrected chi connectivity index (χ3v) is 3.11. The van der Waals surface area contributed by atoms with E-state index in [-0.39, 0.29) is 0 Å². The van der Waals surface area contributed by atoms with E-state index in [9.17, 15) is 0 Å². The lowest BCUT2D eigenvalue weighted by Gasteiger charge is -2.13. The second kappa shape index (κ2) is 4.57. The van der Waals surface area contributed by atoms with E-state index in [2.05, 4.69) is 39.5 Å². The first-order chi connectivity index (χ1) is 7.25. The molecule has 1 N–H and O–H groups in total. The van der Waals surface area contributed by atoms with Crippen molar-refractivity contribution in [1.29, 1.82) is 0 Å². The number of amidine groups is 1. The van der Waals surface area contributed by atoms with Gasteiger partial charge in [0.05, 0.1) is 6.54 Å². The molecule has 0 bridgehead atoms. The van der Waals surface area contributed by atoms with Gasteiger partial charge in [0.25, 0.3) is 0 Å². The summed E-state index contributed by atoms with van der Waals surface area (Å²) in [6.07, 6.45) is 0. The highest BCUT2D eigenvalue weighted by molar-refractivity contribution is 8.14. The van der Waals surface area contributed by atoms with Crippen molar-refractivity contribution in [3.63, 3.8) is 0 Å². The van der Waals surface area contributed by atoms with Crippen LogP contribution in [-0.4, -0.2) is 31.6 Å². The Hall–Kier alpha value is -1.16. The molecule has 15 heavy (non-hydrogen) atoms. The molecule has 0 amide bonds. The molecule has 2 rings (SSSR count). The van der Waals surface area contributed by atoms with Crippen LogP contribution >= 0.6 is 11.8 Å². The fourth-order valence-corrected chi connectivity index (χ4v) is 2.13. The van der Waals surface area contributed by atoms with Crippen LogP contribution in [0.5, 0.6) is 0 Å². The van der Waals surface area contributed by atoms with E-state index in [4.69, 9.17) is 0 Å². The molecule has 1 aliphatic rings. The molecule has 80 valence electrons. The molecule has 4 heteroatoms. The van der Waals surface area contributed by atoms with Gasteiger partial charge in [-0.25, -0.2) is 0 Å². The van der Waals surface area contributed by atoms with Gasteiger partial charge in [-0.1, -0.05) is 11.8 Å². The number of nitrogens with zero attached hydrogens (tertiary/aromatic N) is 2. The van der Waals surface area contributed by atoms with Gasteiger partial charge in [-0.05, 0) is 24.3 Å². The lowest BCUT2D eigenvalue weighted by atomic mass is 10.3. The number of hydrogen-bond donors (Lipinski definition) is 1. The summed E-state index contributed by atoms with van der Waals surface area (Å²) in [5.74, 6) is 1.10. The molecule has 0 aromatic heterocycles. The molecule has 0 saturated carbocycles. The Kier molecular flexibility index (Phi) is 3.16. The summed E-state index contributed by atoms with van der Waals surface area (Å²) < 4.78 is 0. The van der Waals surface area contributed by atoms with Crippen molar-refractivity contribution in [3.05, 3.63) is 24.3 Å². The summed E-state index contributed by atoms with van der Waals surface area (Å²) in [6, 6.07) is 8.36. The molecular formula is C11H15N3S. The van der Waals surface area contributed by atoms with Crippen molar-refractivity contribution < 1.29 is 0 Å². The van der Waals surface area contributed by atoms with E-state index in [1.807, 2.05) is 14.1 Å². The minimum absolute atomic E-state index is 0.933. The van der Waals surface area contributed by atoms with E-state index >= 15 is 0 Å². The number of rotatable bonds is 2. The molecule has 1 aliphatic heterocycles. The second-order valence-electron chi connectivity index (χ2n) is 3.60. The van der Waals surface area contributed by atoms with Crippen molar-refractivity contribution in [2.45, 2.75) is 0 Å². The molecule has 1 heterocycles. The van der Waals surface area contributed by atoms with Crippen LogP contribution in [0.3, 0.4) is 0 Å². The van der Waals surface area contributed by atoms with Crippen LogP contribution in [0.25, 0.3) is 0 Å². The highest BCUT2D eigenvalue weighted by Gasteiger charge is 2.06. The number of hydrogen-bond acceptors (Lipinski definition) is 4. The minimum atomic E-state index is 0.933. The van der Waals surface area contributed by atoms with Gasteiger partial charge in [0.1, 0.15) is 0 Å². The van der Waals surface area contributed by atoms with Gasteiger partial charge in [0.2, 0.25) is 0 Å². The maximum atomic E-state index is 4.35. The Balaban J connectivity index is 2.03. The Morgan fingerprint density at radius 3 is 2.53 bits per heavy atom. The van der Waals surface area contributed by atoms with Crippen LogP contribution in [0, 0.1) is 0 Å². The highest BCUT2D eigenvalue weighted by Crippen LogP contribution is 2.19. The van der Waals surface area contributed by atoms with Gasteiger partial charge in [-0.3, -0.25) is 4.99 Å². The molecule has 0 radical (unpaired) electrons. The first kappa shape index (κ1) is 10.4. The lowest BCUT2D eigenvalue weighted by Crippen LogP contribution is -2.09. The van der Waals surface area contributed by atoms with E-state index in [0.29, 0.717) is 0 Å². The summed E-state index contributed by atoms with van der Waals surface area (Å²) in [7, 11) is 4.08. The lowest BCUT2D eigenvalue weighted by molar-refractivity contribution is 1.13.